The lowest BCUT2D eigenvalue weighted by atomic mass is 10.5. The Hall–Kier alpha value is -0.570. The van der Waals surface area contributed by atoms with Crippen molar-refractivity contribution in [1.29, 1.82) is 0 Å². The van der Waals surface area contributed by atoms with Crippen LogP contribution in [0.5, 0.6) is 0 Å². The van der Waals surface area contributed by atoms with E-state index in [0.717, 1.165) is 0 Å². The Kier molecular flexibility index (Phi) is 4.86. The van der Waals surface area contributed by atoms with Crippen molar-refractivity contribution in [2.45, 2.75) is 13.3 Å². The average Bonchev–Trinajstić information content (AvgIpc) is 1.87. The quantitative estimate of drug-likeness (QED) is 0.436. The summed E-state index contributed by atoms with van der Waals surface area (Å²) in [4.78, 5) is 0. The van der Waals surface area contributed by atoms with Crippen molar-refractivity contribution in [3.63, 3.8) is 0 Å². The molecule has 0 aromatic rings. The second-order valence-electron chi connectivity index (χ2n) is 1.85. The topological polar surface area (TPSA) is 58.2 Å². The van der Waals surface area contributed by atoms with Gasteiger partial charge in [0, 0.05) is 19.5 Å². The molecule has 0 amide bonds. The molecule has 0 fully saturated rings. The third-order valence-electron chi connectivity index (χ3n) is 0.896. The summed E-state index contributed by atoms with van der Waals surface area (Å²) in [7, 11) is -3.30. The maximum Gasteiger partial charge on any atom is 0.276 e. The van der Waals surface area contributed by atoms with Crippen LogP contribution >= 0.6 is 0 Å². The van der Waals surface area contributed by atoms with Gasteiger partial charge >= 0.3 is 0 Å². The van der Waals surface area contributed by atoms with Gasteiger partial charge in [0.2, 0.25) is 0 Å². The van der Waals surface area contributed by atoms with Gasteiger partial charge in [-0.2, -0.15) is 8.42 Å². The van der Waals surface area contributed by atoms with Gasteiger partial charge in [-0.05, 0) is 0 Å². The molecule has 0 bridgehead atoms. The molecule has 0 saturated carbocycles. The maximum atomic E-state index is 10.8. The Morgan fingerprint density at radius 3 is 2.55 bits per heavy atom. The summed E-state index contributed by atoms with van der Waals surface area (Å²) < 4.78 is 26.2. The Bertz CT molecular complexity index is 227. The van der Waals surface area contributed by atoms with Gasteiger partial charge in [0.05, 0.1) is 0 Å². The fourth-order valence-electron chi connectivity index (χ4n) is 0.499. The summed E-state index contributed by atoms with van der Waals surface area (Å²) in [6.45, 7) is 2.37. The molecule has 0 rings (SSSR count). The highest BCUT2D eigenvalue weighted by Crippen LogP contribution is 1.77. The lowest BCUT2D eigenvalue weighted by Gasteiger charge is -2.03. The first-order valence-electron chi connectivity index (χ1n) is 3.30. The minimum absolute atomic E-state index is 0.284. The van der Waals surface area contributed by atoms with Crippen LogP contribution in [0.3, 0.4) is 0 Å². The zero-order valence-electron chi connectivity index (χ0n) is 6.42. The molecule has 0 aromatic heterocycles. The van der Waals surface area contributed by atoms with Crippen LogP contribution in [0.1, 0.15) is 13.3 Å². The van der Waals surface area contributed by atoms with E-state index in [4.69, 9.17) is 6.42 Å². The van der Waals surface area contributed by atoms with Crippen molar-refractivity contribution < 1.29 is 8.42 Å². The first-order valence-corrected chi connectivity index (χ1v) is 4.78. The highest BCUT2D eigenvalue weighted by molar-refractivity contribution is 7.87. The zero-order chi connectivity index (χ0) is 8.74. The standard InChI is InChI=1S/C6H12N2O2S/c1-3-5-6-8-11(9,10)7-4-2/h1,7-8H,4-6H2,2H3. The highest BCUT2D eigenvalue weighted by Gasteiger charge is 2.03. The minimum atomic E-state index is -3.30. The van der Waals surface area contributed by atoms with E-state index in [1.54, 1.807) is 6.92 Å². The number of nitrogens with one attached hydrogen (secondary N) is 2. The van der Waals surface area contributed by atoms with Gasteiger partial charge < -0.3 is 0 Å². The Labute approximate surface area is 67.6 Å². The molecule has 0 heterocycles. The molecule has 0 aliphatic heterocycles. The van der Waals surface area contributed by atoms with Gasteiger partial charge in [-0.3, -0.25) is 0 Å². The first-order chi connectivity index (χ1) is 5.12. The molecule has 0 aliphatic rings. The van der Waals surface area contributed by atoms with E-state index in [1.807, 2.05) is 0 Å². The molecule has 0 spiro atoms. The van der Waals surface area contributed by atoms with Gasteiger partial charge in [0.15, 0.2) is 0 Å². The van der Waals surface area contributed by atoms with E-state index in [1.165, 1.54) is 0 Å². The Morgan fingerprint density at radius 1 is 1.45 bits per heavy atom. The highest BCUT2D eigenvalue weighted by atomic mass is 32.2. The van der Waals surface area contributed by atoms with Crippen LogP contribution in [-0.2, 0) is 10.2 Å². The SMILES string of the molecule is C#CCCNS(=O)(=O)NCC. The average molecular weight is 176 g/mol. The van der Waals surface area contributed by atoms with Crippen molar-refractivity contribution in [3.8, 4) is 12.3 Å². The van der Waals surface area contributed by atoms with Crippen LogP contribution < -0.4 is 9.44 Å². The van der Waals surface area contributed by atoms with Crippen LogP contribution in [0, 0.1) is 12.3 Å². The van der Waals surface area contributed by atoms with E-state index in [-0.39, 0.29) is 6.54 Å². The summed E-state index contributed by atoms with van der Waals surface area (Å²) in [5.41, 5.74) is 0. The second kappa shape index (κ2) is 5.13. The molecule has 64 valence electrons. The number of hydrogen-bond acceptors (Lipinski definition) is 2. The van der Waals surface area contributed by atoms with Crippen molar-refractivity contribution in [3.05, 3.63) is 0 Å². The van der Waals surface area contributed by atoms with Crippen molar-refractivity contribution in [1.82, 2.24) is 9.44 Å². The fraction of sp³-hybridized carbons (Fsp3) is 0.667. The third kappa shape index (κ3) is 5.85. The van der Waals surface area contributed by atoms with E-state index in [9.17, 15) is 8.42 Å². The van der Waals surface area contributed by atoms with Crippen molar-refractivity contribution in [2.24, 2.45) is 0 Å². The molecule has 0 saturated heterocycles. The van der Waals surface area contributed by atoms with Crippen LogP contribution in [0.25, 0.3) is 0 Å². The van der Waals surface area contributed by atoms with Crippen LogP contribution in [0.2, 0.25) is 0 Å². The van der Waals surface area contributed by atoms with E-state index in [2.05, 4.69) is 15.4 Å². The minimum Gasteiger partial charge on any atom is -0.203 e. The van der Waals surface area contributed by atoms with Gasteiger partial charge in [0.25, 0.3) is 10.2 Å². The van der Waals surface area contributed by atoms with Crippen molar-refractivity contribution in [2.75, 3.05) is 13.1 Å². The second-order valence-corrected chi connectivity index (χ2v) is 3.43. The molecular weight excluding hydrogens is 164 g/mol. The molecular formula is C6H12N2O2S. The van der Waals surface area contributed by atoms with Crippen LogP contribution in [0.15, 0.2) is 0 Å². The smallest absolute Gasteiger partial charge is 0.203 e. The maximum absolute atomic E-state index is 10.8. The van der Waals surface area contributed by atoms with Gasteiger partial charge in [-0.15, -0.1) is 12.3 Å². The predicted octanol–water partition coefficient (Wildman–Crippen LogP) is -0.546. The Balaban J connectivity index is 3.67. The predicted molar refractivity (Wildman–Crippen MR) is 44.0 cm³/mol. The van der Waals surface area contributed by atoms with Gasteiger partial charge in [-0.25, -0.2) is 9.44 Å². The molecule has 0 unspecified atom stereocenters. The third-order valence-corrected chi connectivity index (χ3v) is 2.15. The largest absolute Gasteiger partial charge is 0.276 e. The molecule has 5 heteroatoms. The Morgan fingerprint density at radius 2 is 2.09 bits per heavy atom. The van der Waals surface area contributed by atoms with Crippen LogP contribution in [-0.4, -0.2) is 21.5 Å². The molecule has 0 aliphatic carbocycles. The zero-order valence-corrected chi connectivity index (χ0v) is 7.24. The summed E-state index contributed by atoms with van der Waals surface area (Å²) in [5.74, 6) is 2.33. The molecule has 4 nitrogen and oxygen atoms in total. The summed E-state index contributed by atoms with van der Waals surface area (Å²) in [6, 6.07) is 0. The molecule has 11 heavy (non-hydrogen) atoms. The summed E-state index contributed by atoms with van der Waals surface area (Å²) in [6.07, 6.45) is 5.33. The lowest BCUT2D eigenvalue weighted by molar-refractivity contribution is 0.569. The number of terminal acetylenes is 1. The molecule has 0 aromatic carbocycles. The number of rotatable bonds is 5. The lowest BCUT2D eigenvalue weighted by Crippen LogP contribution is -2.36. The monoisotopic (exact) mass is 176 g/mol. The normalized spacial score (nSPS) is 10.9. The van der Waals surface area contributed by atoms with Gasteiger partial charge in [0.1, 0.15) is 0 Å². The van der Waals surface area contributed by atoms with E-state index < -0.39 is 10.2 Å². The van der Waals surface area contributed by atoms with Crippen LogP contribution in [0.4, 0.5) is 0 Å². The fourth-order valence-corrected chi connectivity index (χ4v) is 1.35. The molecule has 2 N–H and O–H groups in total. The molecule has 0 atom stereocenters. The summed E-state index contributed by atoms with van der Waals surface area (Å²) >= 11 is 0. The first kappa shape index (κ1) is 10.4. The van der Waals surface area contributed by atoms with E-state index >= 15 is 0 Å². The number of hydrogen-bond donors (Lipinski definition) is 2. The van der Waals surface area contributed by atoms with Gasteiger partial charge in [-0.1, -0.05) is 6.92 Å². The molecule has 0 radical (unpaired) electrons. The van der Waals surface area contributed by atoms with Crippen molar-refractivity contribution >= 4 is 10.2 Å². The van der Waals surface area contributed by atoms with E-state index in [0.29, 0.717) is 13.0 Å². The summed E-state index contributed by atoms with van der Waals surface area (Å²) in [5, 5.41) is 0.